The highest BCUT2D eigenvalue weighted by molar-refractivity contribution is 4.86. The summed E-state index contributed by atoms with van der Waals surface area (Å²) in [6.07, 6.45) is 17.0. The van der Waals surface area contributed by atoms with E-state index in [1.165, 1.54) is 82.6 Å². The van der Waals surface area contributed by atoms with E-state index in [-0.39, 0.29) is 0 Å². The van der Waals surface area contributed by atoms with E-state index >= 15 is 0 Å². The molecular formula is C18H38. The van der Waals surface area contributed by atoms with Crippen molar-refractivity contribution in [3.63, 3.8) is 0 Å². The first-order valence-electron chi connectivity index (χ1n) is 8.41. The van der Waals surface area contributed by atoms with Gasteiger partial charge in [0.05, 0.1) is 0 Å². The minimum Gasteiger partial charge on any atom is -0.100 e. The van der Waals surface area contributed by atoms with Gasteiger partial charge in [0.25, 0.3) is 0 Å². The molecule has 0 N–H and O–H groups in total. The van der Waals surface area contributed by atoms with Crippen LogP contribution < -0.4 is 0 Å². The highest BCUT2D eigenvalue weighted by Crippen LogP contribution is 2.12. The molecule has 110 valence electrons. The maximum Gasteiger partial charge on any atom is -0.0326 e. The van der Waals surface area contributed by atoms with Gasteiger partial charge in [-0.1, -0.05) is 90.6 Å². The quantitative estimate of drug-likeness (QED) is 0.253. The summed E-state index contributed by atoms with van der Waals surface area (Å²) in [5.74, 6) is 0. The highest BCUT2D eigenvalue weighted by Gasteiger charge is 1.93. The molecule has 0 aromatic rings. The first kappa shape index (κ1) is 20.1. The molecule has 0 bridgehead atoms. The Kier molecular flexibility index (Phi) is 21.3. The minimum atomic E-state index is 1.23. The average molecular weight is 255 g/mol. The van der Waals surface area contributed by atoms with Crippen LogP contribution in [-0.4, -0.2) is 0 Å². The van der Waals surface area contributed by atoms with E-state index in [2.05, 4.69) is 20.4 Å². The van der Waals surface area contributed by atoms with Gasteiger partial charge in [-0.3, -0.25) is 0 Å². The molecule has 0 atom stereocenters. The van der Waals surface area contributed by atoms with Crippen LogP contribution >= 0.6 is 0 Å². The van der Waals surface area contributed by atoms with E-state index in [1.54, 1.807) is 0 Å². The standard InChI is InChI=1S/C16H32.C2H6/c1-4-5-6-7-8-9-10-11-12-13-14-15-16(2)3;1-2/h2,4-15H2,1,3H3;1-2H3. The SMILES string of the molecule is C=C(C)CCCCCCCCCCCCC.CC. The van der Waals surface area contributed by atoms with Crippen molar-refractivity contribution in [3.8, 4) is 0 Å². The van der Waals surface area contributed by atoms with Crippen LogP contribution in [0.3, 0.4) is 0 Å². The van der Waals surface area contributed by atoms with Crippen molar-refractivity contribution in [2.75, 3.05) is 0 Å². The summed E-state index contributed by atoms with van der Waals surface area (Å²) in [6.45, 7) is 12.4. The van der Waals surface area contributed by atoms with Crippen LogP contribution in [-0.2, 0) is 0 Å². The third kappa shape index (κ3) is 21.1. The van der Waals surface area contributed by atoms with E-state index in [1.807, 2.05) is 13.8 Å². The molecule has 0 heterocycles. The van der Waals surface area contributed by atoms with Crippen molar-refractivity contribution in [2.45, 2.75) is 105 Å². The second-order valence-electron chi connectivity index (χ2n) is 5.24. The lowest BCUT2D eigenvalue weighted by Gasteiger charge is -2.02. The summed E-state index contributed by atoms with van der Waals surface area (Å²) in [5.41, 5.74) is 1.34. The van der Waals surface area contributed by atoms with E-state index in [9.17, 15) is 0 Å². The Bertz CT molecular complexity index is 146. The van der Waals surface area contributed by atoms with Crippen molar-refractivity contribution in [3.05, 3.63) is 12.2 Å². The molecular weight excluding hydrogens is 216 g/mol. The third-order valence-corrected chi connectivity index (χ3v) is 3.21. The van der Waals surface area contributed by atoms with Crippen molar-refractivity contribution >= 4 is 0 Å². The Morgan fingerprint density at radius 2 is 1.00 bits per heavy atom. The summed E-state index contributed by atoms with van der Waals surface area (Å²) < 4.78 is 0. The van der Waals surface area contributed by atoms with Crippen LogP contribution in [0.25, 0.3) is 0 Å². The van der Waals surface area contributed by atoms with Crippen LogP contribution in [0.4, 0.5) is 0 Å². The fraction of sp³-hybridized carbons (Fsp3) is 0.889. The summed E-state index contributed by atoms with van der Waals surface area (Å²) in [5, 5.41) is 0. The number of unbranched alkanes of at least 4 members (excludes halogenated alkanes) is 10. The number of hydrogen-bond acceptors (Lipinski definition) is 0. The zero-order valence-electron chi connectivity index (χ0n) is 13.7. The van der Waals surface area contributed by atoms with Crippen molar-refractivity contribution in [2.24, 2.45) is 0 Å². The average Bonchev–Trinajstić information content (AvgIpc) is 2.38. The zero-order valence-corrected chi connectivity index (χ0v) is 13.7. The molecule has 0 spiro atoms. The lowest BCUT2D eigenvalue weighted by atomic mass is 10.0. The molecule has 0 unspecified atom stereocenters. The van der Waals surface area contributed by atoms with Crippen LogP contribution in [0.2, 0.25) is 0 Å². The van der Waals surface area contributed by atoms with E-state index < -0.39 is 0 Å². The van der Waals surface area contributed by atoms with Crippen LogP contribution in [0.1, 0.15) is 105 Å². The van der Waals surface area contributed by atoms with Crippen LogP contribution in [0, 0.1) is 0 Å². The molecule has 0 aromatic heterocycles. The van der Waals surface area contributed by atoms with Crippen molar-refractivity contribution < 1.29 is 0 Å². The number of hydrogen-bond donors (Lipinski definition) is 0. The van der Waals surface area contributed by atoms with E-state index in [0.29, 0.717) is 0 Å². The summed E-state index contributed by atoms with van der Waals surface area (Å²) in [7, 11) is 0. The lowest BCUT2D eigenvalue weighted by molar-refractivity contribution is 0.549. The lowest BCUT2D eigenvalue weighted by Crippen LogP contribution is -1.82. The zero-order chi connectivity index (χ0) is 14.1. The monoisotopic (exact) mass is 254 g/mol. The highest BCUT2D eigenvalue weighted by atomic mass is 14.0. The van der Waals surface area contributed by atoms with Gasteiger partial charge in [0.2, 0.25) is 0 Å². The maximum absolute atomic E-state index is 3.94. The number of allylic oxidation sites excluding steroid dienone is 1. The predicted molar refractivity (Wildman–Crippen MR) is 87.2 cm³/mol. The minimum absolute atomic E-state index is 1.23. The Hall–Kier alpha value is -0.260. The van der Waals surface area contributed by atoms with E-state index in [4.69, 9.17) is 0 Å². The first-order chi connectivity index (χ1) is 8.77. The normalized spacial score (nSPS) is 9.78. The molecule has 0 radical (unpaired) electrons. The van der Waals surface area contributed by atoms with Crippen molar-refractivity contribution in [1.29, 1.82) is 0 Å². The second kappa shape index (κ2) is 19.1. The van der Waals surface area contributed by atoms with Gasteiger partial charge in [-0.05, 0) is 19.8 Å². The van der Waals surface area contributed by atoms with E-state index in [0.717, 1.165) is 0 Å². The molecule has 0 aromatic carbocycles. The third-order valence-electron chi connectivity index (χ3n) is 3.21. The molecule has 0 saturated carbocycles. The molecule has 0 amide bonds. The Balaban J connectivity index is 0. The van der Waals surface area contributed by atoms with Gasteiger partial charge in [-0.15, -0.1) is 6.58 Å². The van der Waals surface area contributed by atoms with Gasteiger partial charge in [-0.25, -0.2) is 0 Å². The van der Waals surface area contributed by atoms with Crippen molar-refractivity contribution in [1.82, 2.24) is 0 Å². The molecule has 0 fully saturated rings. The molecule has 0 nitrogen and oxygen atoms in total. The van der Waals surface area contributed by atoms with Gasteiger partial charge in [0, 0.05) is 0 Å². The molecule has 0 aliphatic carbocycles. The largest absolute Gasteiger partial charge is 0.100 e. The summed E-state index contributed by atoms with van der Waals surface area (Å²) >= 11 is 0. The van der Waals surface area contributed by atoms with Crippen LogP contribution in [0.5, 0.6) is 0 Å². The fourth-order valence-electron chi connectivity index (χ4n) is 2.09. The summed E-state index contributed by atoms with van der Waals surface area (Å²) in [4.78, 5) is 0. The first-order valence-corrected chi connectivity index (χ1v) is 8.41. The Labute approximate surface area is 117 Å². The molecule has 0 aliphatic heterocycles. The topological polar surface area (TPSA) is 0 Å². The molecule has 0 heteroatoms. The predicted octanol–water partition coefficient (Wildman–Crippen LogP) is 7.29. The van der Waals surface area contributed by atoms with Gasteiger partial charge >= 0.3 is 0 Å². The Morgan fingerprint density at radius 3 is 1.33 bits per heavy atom. The van der Waals surface area contributed by atoms with Gasteiger partial charge in [0.1, 0.15) is 0 Å². The maximum atomic E-state index is 3.94. The van der Waals surface area contributed by atoms with Gasteiger partial charge in [-0.2, -0.15) is 0 Å². The van der Waals surface area contributed by atoms with Gasteiger partial charge < -0.3 is 0 Å². The summed E-state index contributed by atoms with van der Waals surface area (Å²) in [6, 6.07) is 0. The second-order valence-corrected chi connectivity index (χ2v) is 5.24. The molecule has 0 aliphatic rings. The molecule has 18 heavy (non-hydrogen) atoms. The number of rotatable bonds is 12. The molecule has 0 saturated heterocycles. The van der Waals surface area contributed by atoms with Gasteiger partial charge in [0.15, 0.2) is 0 Å². The fourth-order valence-corrected chi connectivity index (χ4v) is 2.09. The van der Waals surface area contributed by atoms with Crippen LogP contribution in [0.15, 0.2) is 12.2 Å². The Morgan fingerprint density at radius 1 is 0.667 bits per heavy atom. The smallest absolute Gasteiger partial charge is 0.0326 e. The molecule has 0 rings (SSSR count).